The molecule has 9 heteroatoms. The van der Waals surface area contributed by atoms with E-state index < -0.39 is 4.92 Å². The fourth-order valence-electron chi connectivity index (χ4n) is 2.32. The lowest BCUT2D eigenvalue weighted by Gasteiger charge is -2.07. The lowest BCUT2D eigenvalue weighted by atomic mass is 10.2. The second kappa shape index (κ2) is 9.60. The van der Waals surface area contributed by atoms with Gasteiger partial charge in [-0.15, -0.1) is 0 Å². The number of benzene rings is 2. The van der Waals surface area contributed by atoms with Gasteiger partial charge in [-0.3, -0.25) is 20.3 Å². The Kier molecular flexibility index (Phi) is 6.45. The normalized spacial score (nSPS) is 10.5. The number of carbonyl (C=O) groups excluding carboxylic acids is 1. The van der Waals surface area contributed by atoms with Gasteiger partial charge in [0.25, 0.3) is 5.91 Å². The molecule has 1 heterocycles. The van der Waals surface area contributed by atoms with Crippen LogP contribution in [0.2, 0.25) is 0 Å². The van der Waals surface area contributed by atoms with Crippen molar-refractivity contribution in [1.82, 2.24) is 4.98 Å². The van der Waals surface area contributed by atoms with Gasteiger partial charge in [-0.05, 0) is 48.0 Å². The number of hydrazone groups is 1. The zero-order chi connectivity index (χ0) is 20.5. The number of amides is 1. The molecule has 9 nitrogen and oxygen atoms in total. The summed E-state index contributed by atoms with van der Waals surface area (Å²) >= 11 is 0. The van der Waals surface area contributed by atoms with E-state index in [9.17, 15) is 14.9 Å². The molecule has 0 atom stereocenters. The fourth-order valence-corrected chi connectivity index (χ4v) is 2.32. The van der Waals surface area contributed by atoms with E-state index in [0.29, 0.717) is 11.4 Å². The van der Waals surface area contributed by atoms with Crippen LogP contribution in [0, 0.1) is 10.1 Å². The number of carbonyl (C=O) groups is 1. The number of pyridine rings is 1. The zero-order valence-corrected chi connectivity index (χ0v) is 15.2. The van der Waals surface area contributed by atoms with Gasteiger partial charge in [0.15, 0.2) is 6.61 Å². The Balaban J connectivity index is 1.50. The van der Waals surface area contributed by atoms with Crippen LogP contribution in [0.1, 0.15) is 5.56 Å². The summed E-state index contributed by atoms with van der Waals surface area (Å²) in [6.45, 7) is -0.118. The third-order valence-electron chi connectivity index (χ3n) is 3.67. The fraction of sp³-hybridized carbons (Fsp3) is 0.0500. The average Bonchev–Trinajstić information content (AvgIpc) is 2.74. The lowest BCUT2D eigenvalue weighted by Crippen LogP contribution is -2.20. The van der Waals surface area contributed by atoms with Crippen molar-refractivity contribution < 1.29 is 14.5 Å². The quantitative estimate of drug-likeness (QED) is 0.345. The first-order valence-corrected chi connectivity index (χ1v) is 8.58. The highest BCUT2D eigenvalue weighted by Gasteiger charge is 2.12. The van der Waals surface area contributed by atoms with Crippen molar-refractivity contribution in [3.8, 4) is 5.75 Å². The van der Waals surface area contributed by atoms with Gasteiger partial charge in [-0.2, -0.15) is 5.10 Å². The van der Waals surface area contributed by atoms with Crippen LogP contribution in [0.5, 0.6) is 5.75 Å². The first-order chi connectivity index (χ1) is 14.1. The van der Waals surface area contributed by atoms with Crippen LogP contribution in [-0.2, 0) is 4.79 Å². The van der Waals surface area contributed by atoms with Crippen LogP contribution >= 0.6 is 0 Å². The Morgan fingerprint density at radius 1 is 1.10 bits per heavy atom. The number of hydrogen-bond acceptors (Lipinski definition) is 7. The molecule has 0 aliphatic heterocycles. The van der Waals surface area contributed by atoms with E-state index in [4.69, 9.17) is 4.74 Å². The minimum absolute atomic E-state index is 0.0538. The summed E-state index contributed by atoms with van der Waals surface area (Å²) in [7, 11) is 0. The van der Waals surface area contributed by atoms with Gasteiger partial charge >= 0.3 is 5.69 Å². The Morgan fingerprint density at radius 3 is 2.59 bits per heavy atom. The number of nitrogens with one attached hydrogen (secondary N) is 2. The van der Waals surface area contributed by atoms with Crippen molar-refractivity contribution in [3.63, 3.8) is 0 Å². The smallest absolute Gasteiger partial charge is 0.313 e. The SMILES string of the molecule is O=C(COc1ccc(/C=N\Nc2ncccc2[N+](=O)[O-])cc1)Nc1ccccc1. The number of rotatable bonds is 8. The van der Waals surface area contributed by atoms with Crippen molar-refractivity contribution >= 4 is 29.3 Å². The van der Waals surface area contributed by atoms with Crippen LogP contribution in [-0.4, -0.2) is 28.6 Å². The van der Waals surface area contributed by atoms with Gasteiger partial charge < -0.3 is 10.1 Å². The van der Waals surface area contributed by atoms with Gasteiger partial charge in [0.2, 0.25) is 5.82 Å². The highest BCUT2D eigenvalue weighted by atomic mass is 16.6. The maximum Gasteiger partial charge on any atom is 0.313 e. The number of aromatic nitrogens is 1. The maximum absolute atomic E-state index is 11.9. The third kappa shape index (κ3) is 5.86. The van der Waals surface area contributed by atoms with E-state index in [2.05, 4.69) is 20.8 Å². The van der Waals surface area contributed by atoms with E-state index in [1.807, 2.05) is 18.2 Å². The van der Waals surface area contributed by atoms with Crippen molar-refractivity contribution in [2.45, 2.75) is 0 Å². The molecule has 3 rings (SSSR count). The first-order valence-electron chi connectivity index (χ1n) is 8.58. The molecule has 0 aliphatic rings. The molecule has 29 heavy (non-hydrogen) atoms. The predicted molar refractivity (Wildman–Crippen MR) is 109 cm³/mol. The molecule has 0 spiro atoms. The molecule has 0 fully saturated rings. The third-order valence-corrected chi connectivity index (χ3v) is 3.67. The summed E-state index contributed by atoms with van der Waals surface area (Å²) in [5, 5.41) is 17.6. The number of nitro groups is 1. The van der Waals surface area contributed by atoms with E-state index >= 15 is 0 Å². The Bertz CT molecular complexity index is 1010. The maximum atomic E-state index is 11.9. The van der Waals surface area contributed by atoms with Gasteiger partial charge in [-0.25, -0.2) is 4.98 Å². The second-order valence-corrected chi connectivity index (χ2v) is 5.77. The summed E-state index contributed by atoms with van der Waals surface area (Å²) in [4.78, 5) is 26.2. The van der Waals surface area contributed by atoms with Crippen LogP contribution < -0.4 is 15.5 Å². The molecule has 2 N–H and O–H groups in total. The molecule has 0 aliphatic carbocycles. The topological polar surface area (TPSA) is 119 Å². The first kappa shape index (κ1) is 19.5. The molecule has 146 valence electrons. The molecule has 3 aromatic rings. The van der Waals surface area contributed by atoms with Gasteiger partial charge in [0.1, 0.15) is 5.75 Å². The van der Waals surface area contributed by atoms with E-state index in [1.54, 1.807) is 36.4 Å². The largest absolute Gasteiger partial charge is 0.484 e. The highest BCUT2D eigenvalue weighted by molar-refractivity contribution is 5.91. The molecule has 0 unspecified atom stereocenters. The number of anilines is 2. The molecular weight excluding hydrogens is 374 g/mol. The predicted octanol–water partition coefficient (Wildman–Crippen LogP) is 3.45. The summed E-state index contributed by atoms with van der Waals surface area (Å²) in [5.41, 5.74) is 3.82. The zero-order valence-electron chi connectivity index (χ0n) is 15.2. The minimum atomic E-state index is -0.537. The number of nitrogens with zero attached hydrogens (tertiary/aromatic N) is 3. The molecule has 0 saturated carbocycles. The molecule has 1 aromatic heterocycles. The molecular formula is C20H17N5O4. The monoisotopic (exact) mass is 391 g/mol. The van der Waals surface area contributed by atoms with Crippen LogP contribution in [0.4, 0.5) is 17.2 Å². The second-order valence-electron chi connectivity index (χ2n) is 5.77. The van der Waals surface area contributed by atoms with Gasteiger partial charge in [0.05, 0.1) is 11.1 Å². The van der Waals surface area contributed by atoms with E-state index in [-0.39, 0.29) is 24.0 Å². The van der Waals surface area contributed by atoms with Gasteiger partial charge in [0, 0.05) is 18.0 Å². The summed E-state index contributed by atoms with van der Waals surface area (Å²) in [5.74, 6) is 0.319. The van der Waals surface area contributed by atoms with Crippen LogP contribution in [0.3, 0.4) is 0 Å². The van der Waals surface area contributed by atoms with E-state index in [0.717, 1.165) is 5.56 Å². The van der Waals surface area contributed by atoms with Crippen molar-refractivity contribution in [2.75, 3.05) is 17.3 Å². The number of ether oxygens (including phenoxy) is 1. The standard InChI is InChI=1S/C20H17N5O4/c26-19(23-16-5-2-1-3-6-16)14-29-17-10-8-15(9-11-17)13-22-24-20-18(25(27)28)7-4-12-21-20/h1-13H,14H2,(H,21,24)(H,23,26)/b22-13-. The van der Waals surface area contributed by atoms with Crippen molar-refractivity contribution in [1.29, 1.82) is 0 Å². The lowest BCUT2D eigenvalue weighted by molar-refractivity contribution is -0.384. The number of hydrogen-bond donors (Lipinski definition) is 2. The molecule has 0 bridgehead atoms. The molecule has 0 saturated heterocycles. The van der Waals surface area contributed by atoms with Crippen LogP contribution in [0.15, 0.2) is 78.0 Å². The molecule has 0 radical (unpaired) electrons. The molecule has 2 aromatic carbocycles. The average molecular weight is 391 g/mol. The van der Waals surface area contributed by atoms with Crippen LogP contribution in [0.25, 0.3) is 0 Å². The van der Waals surface area contributed by atoms with Crippen molar-refractivity contribution in [3.05, 3.63) is 88.6 Å². The summed E-state index contributed by atoms with van der Waals surface area (Å²) in [6, 6.07) is 18.8. The van der Waals surface area contributed by atoms with E-state index in [1.165, 1.54) is 24.5 Å². The minimum Gasteiger partial charge on any atom is -0.484 e. The summed E-state index contributed by atoms with van der Waals surface area (Å²) in [6.07, 6.45) is 2.93. The highest BCUT2D eigenvalue weighted by Crippen LogP contribution is 2.20. The summed E-state index contributed by atoms with van der Waals surface area (Å²) < 4.78 is 5.45. The Morgan fingerprint density at radius 2 is 1.86 bits per heavy atom. The number of para-hydroxylation sites is 1. The Labute approximate surface area is 166 Å². The van der Waals surface area contributed by atoms with Crippen molar-refractivity contribution in [2.24, 2.45) is 5.10 Å². The Hall–Kier alpha value is -4.27. The van der Waals surface area contributed by atoms with Gasteiger partial charge in [-0.1, -0.05) is 18.2 Å². The molecule has 1 amide bonds.